The van der Waals surface area contributed by atoms with Crippen LogP contribution >= 0.6 is 15.9 Å². The van der Waals surface area contributed by atoms with Gasteiger partial charge in [0, 0.05) is 13.2 Å². The summed E-state index contributed by atoms with van der Waals surface area (Å²) < 4.78 is 3.02. The lowest BCUT2D eigenvalue weighted by molar-refractivity contribution is 0.318. The van der Waals surface area contributed by atoms with Crippen molar-refractivity contribution in [2.45, 2.75) is 19.4 Å². The standard InChI is InChI=1S/C9H14BrN3/c1-12-6-8(10)11-9(12)7-13-4-2-3-5-13/h6H,2-5,7H2,1H3. The van der Waals surface area contributed by atoms with Crippen LogP contribution < -0.4 is 0 Å². The van der Waals surface area contributed by atoms with E-state index in [4.69, 9.17) is 0 Å². The number of nitrogens with zero attached hydrogens (tertiary/aromatic N) is 3. The fourth-order valence-corrected chi connectivity index (χ4v) is 2.26. The van der Waals surface area contributed by atoms with Gasteiger partial charge in [0.15, 0.2) is 0 Å². The second-order valence-corrected chi connectivity index (χ2v) is 4.39. The fourth-order valence-electron chi connectivity index (χ4n) is 1.75. The average Bonchev–Trinajstić information content (AvgIpc) is 2.63. The molecule has 1 aliphatic rings. The van der Waals surface area contributed by atoms with E-state index in [1.54, 1.807) is 0 Å². The van der Waals surface area contributed by atoms with Crippen LogP contribution in [0.1, 0.15) is 18.7 Å². The zero-order chi connectivity index (χ0) is 9.26. The van der Waals surface area contributed by atoms with E-state index in [-0.39, 0.29) is 0 Å². The Kier molecular flexibility index (Phi) is 2.69. The Hall–Kier alpha value is -0.350. The molecule has 1 fully saturated rings. The third kappa shape index (κ3) is 2.11. The van der Waals surface area contributed by atoms with Crippen LogP contribution in [0.4, 0.5) is 0 Å². The first-order valence-electron chi connectivity index (χ1n) is 4.66. The van der Waals surface area contributed by atoms with Crippen molar-refractivity contribution in [3.8, 4) is 0 Å². The molecule has 2 rings (SSSR count). The van der Waals surface area contributed by atoms with Gasteiger partial charge in [0.1, 0.15) is 10.4 Å². The monoisotopic (exact) mass is 243 g/mol. The highest BCUT2D eigenvalue weighted by Crippen LogP contribution is 2.14. The van der Waals surface area contributed by atoms with Gasteiger partial charge in [-0.1, -0.05) is 0 Å². The molecule has 0 aliphatic carbocycles. The van der Waals surface area contributed by atoms with E-state index in [2.05, 4.69) is 30.4 Å². The Morgan fingerprint density at radius 3 is 2.69 bits per heavy atom. The summed E-state index contributed by atoms with van der Waals surface area (Å²) in [7, 11) is 2.04. The van der Waals surface area contributed by atoms with E-state index in [0.717, 1.165) is 17.0 Å². The number of hydrogen-bond acceptors (Lipinski definition) is 2. The SMILES string of the molecule is Cn1cc(Br)nc1CN1CCCC1. The summed E-state index contributed by atoms with van der Waals surface area (Å²) in [6, 6.07) is 0. The second-order valence-electron chi connectivity index (χ2n) is 3.57. The Labute approximate surface area is 86.9 Å². The van der Waals surface area contributed by atoms with Gasteiger partial charge in [0.25, 0.3) is 0 Å². The number of rotatable bonds is 2. The molecule has 3 nitrogen and oxygen atoms in total. The minimum Gasteiger partial charge on any atom is -0.336 e. The summed E-state index contributed by atoms with van der Waals surface area (Å²) in [6.45, 7) is 3.44. The van der Waals surface area contributed by atoms with Crippen molar-refractivity contribution in [1.29, 1.82) is 0 Å². The third-order valence-corrected chi connectivity index (χ3v) is 2.89. The van der Waals surface area contributed by atoms with Crippen LogP contribution in [0.25, 0.3) is 0 Å². The van der Waals surface area contributed by atoms with Gasteiger partial charge >= 0.3 is 0 Å². The Bertz CT molecular complexity index is 289. The number of imidazole rings is 1. The maximum Gasteiger partial charge on any atom is 0.124 e. The lowest BCUT2D eigenvalue weighted by atomic mass is 10.4. The topological polar surface area (TPSA) is 21.1 Å². The quantitative estimate of drug-likeness (QED) is 0.790. The van der Waals surface area contributed by atoms with E-state index < -0.39 is 0 Å². The van der Waals surface area contributed by atoms with Crippen molar-refractivity contribution in [2.24, 2.45) is 7.05 Å². The van der Waals surface area contributed by atoms with E-state index in [0.29, 0.717) is 0 Å². The molecular formula is C9H14BrN3. The minimum absolute atomic E-state index is 0.934. The molecule has 0 saturated carbocycles. The average molecular weight is 244 g/mol. The van der Waals surface area contributed by atoms with Gasteiger partial charge in [-0.05, 0) is 41.9 Å². The molecule has 1 aliphatic heterocycles. The summed E-state index contributed by atoms with van der Waals surface area (Å²) in [4.78, 5) is 6.86. The minimum atomic E-state index is 0.934. The van der Waals surface area contributed by atoms with Crippen molar-refractivity contribution in [3.05, 3.63) is 16.6 Å². The molecule has 4 heteroatoms. The van der Waals surface area contributed by atoms with Gasteiger partial charge in [-0.2, -0.15) is 0 Å². The smallest absolute Gasteiger partial charge is 0.124 e. The van der Waals surface area contributed by atoms with Crippen LogP contribution in [0.2, 0.25) is 0 Å². The van der Waals surface area contributed by atoms with Crippen molar-refractivity contribution >= 4 is 15.9 Å². The number of likely N-dealkylation sites (tertiary alicyclic amines) is 1. The fraction of sp³-hybridized carbons (Fsp3) is 0.667. The lowest BCUT2D eigenvalue weighted by Gasteiger charge is -2.13. The third-order valence-electron chi connectivity index (χ3n) is 2.51. The molecule has 0 bridgehead atoms. The largest absolute Gasteiger partial charge is 0.336 e. The van der Waals surface area contributed by atoms with Crippen LogP contribution in [-0.2, 0) is 13.6 Å². The van der Waals surface area contributed by atoms with Gasteiger partial charge in [-0.3, -0.25) is 4.90 Å². The van der Waals surface area contributed by atoms with E-state index >= 15 is 0 Å². The van der Waals surface area contributed by atoms with Crippen LogP contribution in [0.3, 0.4) is 0 Å². The predicted octanol–water partition coefficient (Wildman–Crippen LogP) is 1.78. The molecule has 0 N–H and O–H groups in total. The molecule has 1 aromatic rings. The molecule has 1 aromatic heterocycles. The summed E-state index contributed by atoms with van der Waals surface area (Å²) in [5, 5.41) is 0. The van der Waals surface area contributed by atoms with Gasteiger partial charge in [-0.15, -0.1) is 0 Å². The summed E-state index contributed by atoms with van der Waals surface area (Å²) in [5.74, 6) is 1.15. The van der Waals surface area contributed by atoms with Crippen molar-refractivity contribution in [3.63, 3.8) is 0 Å². The maximum absolute atomic E-state index is 4.41. The van der Waals surface area contributed by atoms with Crippen LogP contribution in [-0.4, -0.2) is 27.5 Å². The summed E-state index contributed by atoms with van der Waals surface area (Å²) in [5.41, 5.74) is 0. The molecule has 0 atom stereocenters. The number of aryl methyl sites for hydroxylation is 1. The van der Waals surface area contributed by atoms with Gasteiger partial charge in [-0.25, -0.2) is 4.98 Å². The van der Waals surface area contributed by atoms with E-state index in [9.17, 15) is 0 Å². The molecular weight excluding hydrogens is 230 g/mol. The highest BCUT2D eigenvalue weighted by Gasteiger charge is 2.14. The molecule has 2 heterocycles. The summed E-state index contributed by atoms with van der Waals surface area (Å²) >= 11 is 3.38. The second kappa shape index (κ2) is 3.80. The normalized spacial score (nSPS) is 18.3. The van der Waals surface area contributed by atoms with E-state index in [1.165, 1.54) is 25.9 Å². The number of hydrogen-bond donors (Lipinski definition) is 0. The van der Waals surface area contributed by atoms with E-state index in [1.807, 2.05) is 13.2 Å². The highest BCUT2D eigenvalue weighted by molar-refractivity contribution is 9.10. The lowest BCUT2D eigenvalue weighted by Crippen LogP contribution is -2.20. The van der Waals surface area contributed by atoms with Crippen molar-refractivity contribution in [2.75, 3.05) is 13.1 Å². The zero-order valence-corrected chi connectivity index (χ0v) is 9.42. The first kappa shape index (κ1) is 9.21. The maximum atomic E-state index is 4.41. The highest BCUT2D eigenvalue weighted by atomic mass is 79.9. The van der Waals surface area contributed by atoms with Gasteiger partial charge in [0.2, 0.25) is 0 Å². The first-order valence-corrected chi connectivity index (χ1v) is 5.45. The summed E-state index contributed by atoms with van der Waals surface area (Å²) in [6.07, 6.45) is 4.68. The van der Waals surface area contributed by atoms with Crippen LogP contribution in [0, 0.1) is 0 Å². The molecule has 13 heavy (non-hydrogen) atoms. The molecule has 0 radical (unpaired) electrons. The van der Waals surface area contributed by atoms with Crippen molar-refractivity contribution < 1.29 is 0 Å². The zero-order valence-electron chi connectivity index (χ0n) is 7.83. The van der Waals surface area contributed by atoms with Crippen LogP contribution in [0.15, 0.2) is 10.8 Å². The molecule has 0 amide bonds. The van der Waals surface area contributed by atoms with Crippen molar-refractivity contribution in [1.82, 2.24) is 14.5 Å². The Morgan fingerprint density at radius 2 is 2.15 bits per heavy atom. The number of halogens is 1. The Morgan fingerprint density at radius 1 is 1.46 bits per heavy atom. The van der Waals surface area contributed by atoms with Crippen LogP contribution in [0.5, 0.6) is 0 Å². The molecule has 0 unspecified atom stereocenters. The van der Waals surface area contributed by atoms with Gasteiger partial charge in [0.05, 0.1) is 6.54 Å². The Balaban J connectivity index is 2.03. The first-order chi connectivity index (χ1) is 6.25. The molecule has 0 aromatic carbocycles. The predicted molar refractivity (Wildman–Crippen MR) is 55.4 cm³/mol. The molecule has 0 spiro atoms. The van der Waals surface area contributed by atoms with Gasteiger partial charge < -0.3 is 4.57 Å². The number of aromatic nitrogens is 2. The molecule has 72 valence electrons. The molecule has 1 saturated heterocycles.